The quantitative estimate of drug-likeness (QED) is 0.530. The van der Waals surface area contributed by atoms with Crippen LogP contribution in [0.25, 0.3) is 0 Å². The molecule has 0 aromatic heterocycles. The van der Waals surface area contributed by atoms with Crippen molar-refractivity contribution in [3.63, 3.8) is 0 Å². The molecule has 0 aliphatic carbocycles. The summed E-state index contributed by atoms with van der Waals surface area (Å²) in [6.07, 6.45) is 2.75. The van der Waals surface area contributed by atoms with E-state index in [2.05, 4.69) is 20.1 Å². The molecule has 0 saturated carbocycles. The molecule has 1 rings (SSSR count). The first-order chi connectivity index (χ1) is 6.10. The Balaban J connectivity index is 2.65. The highest BCUT2D eigenvalue weighted by Crippen LogP contribution is 2.79. The molecule has 0 spiro atoms. The molecule has 1 heterocycles. The number of hydrogen-bond acceptors (Lipinski definition) is 3. The van der Waals surface area contributed by atoms with E-state index in [0.717, 1.165) is 23.2 Å². The lowest BCUT2D eigenvalue weighted by Gasteiger charge is -2.17. The van der Waals surface area contributed by atoms with Crippen LogP contribution >= 0.6 is 28.3 Å². The molecular formula is C9H15OPS2. The van der Waals surface area contributed by atoms with Gasteiger partial charge in [0.25, 0.3) is 0 Å². The summed E-state index contributed by atoms with van der Waals surface area (Å²) in [5.74, 6) is 2.31. The van der Waals surface area contributed by atoms with Gasteiger partial charge >= 0.3 is 0 Å². The molecule has 1 unspecified atom stereocenters. The van der Waals surface area contributed by atoms with Crippen LogP contribution in [0.1, 0.15) is 13.3 Å². The van der Waals surface area contributed by atoms with Gasteiger partial charge in [-0.25, -0.2) is 0 Å². The third kappa shape index (κ3) is 2.68. The Morgan fingerprint density at radius 2 is 2.15 bits per heavy atom. The largest absolute Gasteiger partial charge is 0.296 e. The third-order valence-corrected chi connectivity index (χ3v) is 11.3. The Morgan fingerprint density at radius 3 is 2.62 bits per heavy atom. The van der Waals surface area contributed by atoms with E-state index < -0.39 is 5.55 Å². The smallest absolute Gasteiger partial charge is 0.215 e. The zero-order chi connectivity index (χ0) is 9.90. The molecule has 0 bridgehead atoms. The van der Waals surface area contributed by atoms with Crippen molar-refractivity contribution in [1.82, 2.24) is 0 Å². The van der Waals surface area contributed by atoms with E-state index in [1.54, 1.807) is 22.8 Å². The van der Waals surface area contributed by atoms with Crippen LogP contribution in [0.4, 0.5) is 0 Å². The van der Waals surface area contributed by atoms with Gasteiger partial charge in [-0.05, 0) is 12.3 Å². The van der Waals surface area contributed by atoms with Gasteiger partial charge in [-0.3, -0.25) is 4.57 Å². The highest BCUT2D eigenvalue weighted by Gasteiger charge is 2.34. The standard InChI is InChI=1S/C9H15OPS2/c1-4-5-8(2)9(3)11(10)12-6-7-13-11/h4,8H,1,3,5-7H2,2H3. The summed E-state index contributed by atoms with van der Waals surface area (Å²) < 4.78 is 12.2. The monoisotopic (exact) mass is 234 g/mol. The van der Waals surface area contributed by atoms with Gasteiger partial charge in [-0.15, -0.1) is 6.58 Å². The Kier molecular flexibility index (Phi) is 4.21. The predicted octanol–water partition coefficient (Wildman–Crippen LogP) is 4.39. The van der Waals surface area contributed by atoms with Crippen LogP contribution in [-0.4, -0.2) is 11.5 Å². The van der Waals surface area contributed by atoms with Crippen molar-refractivity contribution in [3.05, 3.63) is 24.5 Å². The molecule has 1 saturated heterocycles. The van der Waals surface area contributed by atoms with Crippen LogP contribution in [0.15, 0.2) is 24.5 Å². The fourth-order valence-electron chi connectivity index (χ4n) is 1.17. The summed E-state index contributed by atoms with van der Waals surface area (Å²) >= 11 is 3.18. The molecule has 1 atom stereocenters. The first-order valence-corrected chi connectivity index (χ1v) is 9.18. The third-order valence-electron chi connectivity index (χ3n) is 2.05. The summed E-state index contributed by atoms with van der Waals surface area (Å²) in [6, 6.07) is 0. The minimum Gasteiger partial charge on any atom is -0.296 e. The van der Waals surface area contributed by atoms with E-state index in [1.807, 2.05) is 6.08 Å². The maximum Gasteiger partial charge on any atom is 0.215 e. The average Bonchev–Trinajstić information content (AvgIpc) is 2.52. The Morgan fingerprint density at radius 1 is 1.62 bits per heavy atom. The normalized spacial score (nSPS) is 22.5. The van der Waals surface area contributed by atoms with Crippen molar-refractivity contribution in [2.75, 3.05) is 11.5 Å². The maximum absolute atomic E-state index is 12.2. The first-order valence-electron chi connectivity index (χ1n) is 4.29. The molecule has 0 aromatic carbocycles. The van der Waals surface area contributed by atoms with Crippen LogP contribution in [0, 0.1) is 5.92 Å². The maximum atomic E-state index is 12.2. The van der Waals surface area contributed by atoms with Crippen molar-refractivity contribution in [2.45, 2.75) is 13.3 Å². The van der Waals surface area contributed by atoms with E-state index >= 15 is 0 Å². The topological polar surface area (TPSA) is 17.1 Å². The van der Waals surface area contributed by atoms with Crippen molar-refractivity contribution < 1.29 is 4.57 Å². The fraction of sp³-hybridized carbons (Fsp3) is 0.556. The van der Waals surface area contributed by atoms with Crippen LogP contribution < -0.4 is 0 Å². The lowest BCUT2D eigenvalue weighted by Crippen LogP contribution is -1.94. The summed E-state index contributed by atoms with van der Waals surface area (Å²) in [5.41, 5.74) is -2.16. The summed E-state index contributed by atoms with van der Waals surface area (Å²) in [4.78, 5) is 0. The molecule has 1 aliphatic rings. The highest BCUT2D eigenvalue weighted by atomic mass is 33.1. The van der Waals surface area contributed by atoms with Gasteiger partial charge in [0.05, 0.1) is 0 Å². The molecule has 13 heavy (non-hydrogen) atoms. The average molecular weight is 234 g/mol. The van der Waals surface area contributed by atoms with Gasteiger partial charge in [-0.2, -0.15) is 0 Å². The van der Waals surface area contributed by atoms with E-state index in [9.17, 15) is 4.57 Å². The SMILES string of the molecule is C=CCC(C)C(=C)P1(=O)SCCS1. The van der Waals surface area contributed by atoms with Gasteiger partial charge in [0.2, 0.25) is 5.55 Å². The number of allylic oxidation sites excluding steroid dienone is 2. The van der Waals surface area contributed by atoms with Crippen LogP contribution in [-0.2, 0) is 4.57 Å². The lowest BCUT2D eigenvalue weighted by molar-refractivity contribution is 0.591. The number of hydrogen-bond donors (Lipinski definition) is 0. The van der Waals surface area contributed by atoms with Crippen molar-refractivity contribution in [3.8, 4) is 0 Å². The van der Waals surface area contributed by atoms with E-state index in [-0.39, 0.29) is 0 Å². The summed E-state index contributed by atoms with van der Waals surface area (Å²) in [7, 11) is 0. The number of rotatable bonds is 4. The predicted molar refractivity (Wildman–Crippen MR) is 65.6 cm³/mol. The first kappa shape index (κ1) is 11.5. The van der Waals surface area contributed by atoms with Gasteiger partial charge in [0.1, 0.15) is 0 Å². The lowest BCUT2D eigenvalue weighted by atomic mass is 10.1. The minimum absolute atomic E-state index is 0.307. The summed E-state index contributed by atoms with van der Waals surface area (Å²) in [6.45, 7) is 9.73. The van der Waals surface area contributed by atoms with Gasteiger partial charge in [0, 0.05) is 16.8 Å². The second-order valence-corrected chi connectivity index (χ2v) is 11.3. The molecule has 0 N–H and O–H groups in total. The van der Waals surface area contributed by atoms with E-state index in [4.69, 9.17) is 0 Å². The molecule has 1 nitrogen and oxygen atoms in total. The second-order valence-electron chi connectivity index (χ2n) is 3.08. The van der Waals surface area contributed by atoms with Gasteiger partial charge < -0.3 is 0 Å². The zero-order valence-electron chi connectivity index (χ0n) is 7.86. The molecule has 4 heteroatoms. The second kappa shape index (κ2) is 4.77. The molecule has 0 amide bonds. The fourth-order valence-corrected chi connectivity index (χ4v) is 10.4. The van der Waals surface area contributed by atoms with Crippen LogP contribution in [0.3, 0.4) is 0 Å². The molecule has 1 aliphatic heterocycles. The van der Waals surface area contributed by atoms with Crippen LogP contribution in [0.2, 0.25) is 0 Å². The minimum atomic E-state index is -2.16. The van der Waals surface area contributed by atoms with Crippen molar-refractivity contribution in [1.29, 1.82) is 0 Å². The zero-order valence-corrected chi connectivity index (χ0v) is 10.4. The highest BCUT2D eigenvalue weighted by molar-refractivity contribution is 8.93. The van der Waals surface area contributed by atoms with Gasteiger partial charge in [0.15, 0.2) is 0 Å². The van der Waals surface area contributed by atoms with Crippen molar-refractivity contribution >= 4 is 28.3 Å². The van der Waals surface area contributed by atoms with E-state index in [0.29, 0.717) is 5.92 Å². The van der Waals surface area contributed by atoms with Gasteiger partial charge in [-0.1, -0.05) is 42.3 Å². The molecule has 0 radical (unpaired) electrons. The Labute approximate surface area is 88.3 Å². The molecular weight excluding hydrogens is 219 g/mol. The van der Waals surface area contributed by atoms with Crippen LogP contribution in [0.5, 0.6) is 0 Å². The van der Waals surface area contributed by atoms with E-state index in [1.165, 1.54) is 0 Å². The van der Waals surface area contributed by atoms with Crippen molar-refractivity contribution in [2.24, 2.45) is 5.92 Å². The molecule has 1 fully saturated rings. The Hall–Kier alpha value is 0.410. The molecule has 0 aromatic rings. The molecule has 74 valence electrons. The Bertz CT molecular complexity index is 252. The summed E-state index contributed by atoms with van der Waals surface area (Å²) in [5, 5.41) is 0.930.